The van der Waals surface area contributed by atoms with Crippen LogP contribution in [0.1, 0.15) is 4.88 Å². The van der Waals surface area contributed by atoms with Gasteiger partial charge in [0, 0.05) is 22.0 Å². The minimum absolute atomic E-state index is 0.289. The molecule has 20 heavy (non-hydrogen) atoms. The van der Waals surface area contributed by atoms with E-state index in [-0.39, 0.29) is 5.82 Å². The maximum absolute atomic E-state index is 13.2. The van der Waals surface area contributed by atoms with Crippen LogP contribution < -0.4 is 5.32 Å². The second-order valence-electron chi connectivity index (χ2n) is 4.35. The first-order valence-corrected chi connectivity index (χ1v) is 7.61. The van der Waals surface area contributed by atoms with E-state index in [0.717, 1.165) is 21.6 Å². The summed E-state index contributed by atoms with van der Waals surface area (Å²) in [5.74, 6) is 1.07. The summed E-state index contributed by atoms with van der Waals surface area (Å²) in [6.45, 7) is 2.04. The predicted molar refractivity (Wildman–Crippen MR) is 84.8 cm³/mol. The van der Waals surface area contributed by atoms with Gasteiger partial charge in [0.1, 0.15) is 16.5 Å². The number of nitrogens with zero attached hydrogens (tertiary/aromatic N) is 2. The first-order valence-electron chi connectivity index (χ1n) is 6.00. The van der Waals surface area contributed by atoms with Crippen LogP contribution in [0.25, 0.3) is 21.6 Å². The molecule has 102 valence electrons. The number of hydrogen-bond acceptors (Lipinski definition) is 4. The summed E-state index contributed by atoms with van der Waals surface area (Å²) >= 11 is 4.98. The summed E-state index contributed by atoms with van der Waals surface area (Å²) in [5.41, 5.74) is 0.774. The van der Waals surface area contributed by atoms with Crippen molar-refractivity contribution in [3.63, 3.8) is 0 Å². The van der Waals surface area contributed by atoms with Crippen molar-refractivity contribution >= 4 is 43.3 Å². The molecule has 0 saturated heterocycles. The fourth-order valence-corrected chi connectivity index (χ4v) is 3.43. The van der Waals surface area contributed by atoms with Crippen molar-refractivity contribution in [2.45, 2.75) is 6.92 Å². The van der Waals surface area contributed by atoms with E-state index in [1.165, 1.54) is 17.0 Å². The molecule has 3 nitrogen and oxygen atoms in total. The molecule has 0 amide bonds. The number of hydrogen-bond donors (Lipinski definition) is 1. The number of rotatable bonds is 2. The highest BCUT2D eigenvalue weighted by molar-refractivity contribution is 9.10. The summed E-state index contributed by atoms with van der Waals surface area (Å²) in [6, 6.07) is 6.57. The molecular formula is C14H11BrFN3S. The van der Waals surface area contributed by atoms with Crippen LogP contribution >= 0.6 is 27.3 Å². The maximum Gasteiger partial charge on any atom is 0.164 e. The molecule has 0 bridgehead atoms. The molecule has 1 N–H and O–H groups in total. The lowest BCUT2D eigenvalue weighted by atomic mass is 10.2. The Kier molecular flexibility index (Phi) is 3.43. The fourth-order valence-electron chi connectivity index (χ4n) is 2.02. The molecule has 0 aliphatic heterocycles. The van der Waals surface area contributed by atoms with Gasteiger partial charge in [0.25, 0.3) is 0 Å². The zero-order valence-corrected chi connectivity index (χ0v) is 13.3. The van der Waals surface area contributed by atoms with Crippen molar-refractivity contribution in [1.82, 2.24) is 9.97 Å². The van der Waals surface area contributed by atoms with Crippen LogP contribution in [0.4, 0.5) is 10.2 Å². The van der Waals surface area contributed by atoms with Crippen molar-refractivity contribution in [3.8, 4) is 11.4 Å². The molecule has 3 rings (SSSR count). The van der Waals surface area contributed by atoms with Gasteiger partial charge >= 0.3 is 0 Å². The average Bonchev–Trinajstić information content (AvgIpc) is 2.77. The van der Waals surface area contributed by atoms with E-state index >= 15 is 0 Å². The van der Waals surface area contributed by atoms with Crippen LogP contribution in [0, 0.1) is 12.7 Å². The zero-order chi connectivity index (χ0) is 14.3. The van der Waals surface area contributed by atoms with Crippen molar-refractivity contribution in [2.24, 2.45) is 0 Å². The van der Waals surface area contributed by atoms with Crippen LogP contribution in [0.3, 0.4) is 0 Å². The Labute approximate surface area is 128 Å². The average molecular weight is 352 g/mol. The first kappa shape index (κ1) is 13.5. The maximum atomic E-state index is 13.2. The number of halogens is 2. The molecule has 3 aromatic rings. The van der Waals surface area contributed by atoms with E-state index in [1.54, 1.807) is 17.4 Å². The lowest BCUT2D eigenvalue weighted by Gasteiger charge is -2.07. The van der Waals surface area contributed by atoms with Crippen LogP contribution in [-0.4, -0.2) is 17.0 Å². The van der Waals surface area contributed by atoms with Crippen LogP contribution in [0.2, 0.25) is 0 Å². The molecule has 0 saturated carbocycles. The number of thiophene rings is 1. The van der Waals surface area contributed by atoms with Gasteiger partial charge in [-0.15, -0.1) is 11.3 Å². The highest BCUT2D eigenvalue weighted by atomic mass is 79.9. The lowest BCUT2D eigenvalue weighted by Crippen LogP contribution is -1.97. The second-order valence-corrected chi connectivity index (χ2v) is 6.43. The number of nitrogens with one attached hydrogen (secondary N) is 1. The Morgan fingerprint density at radius 1 is 1.25 bits per heavy atom. The highest BCUT2D eigenvalue weighted by Crippen LogP contribution is 2.33. The van der Waals surface area contributed by atoms with Gasteiger partial charge in [0.2, 0.25) is 0 Å². The molecule has 0 atom stereocenters. The van der Waals surface area contributed by atoms with Gasteiger partial charge in [-0.2, -0.15) is 0 Å². The molecule has 1 aromatic carbocycles. The van der Waals surface area contributed by atoms with Gasteiger partial charge in [-0.05, 0) is 47.1 Å². The number of fused-ring (bicyclic) bond motifs is 1. The number of aromatic nitrogens is 2. The second kappa shape index (κ2) is 5.10. The van der Waals surface area contributed by atoms with Crippen molar-refractivity contribution < 1.29 is 4.39 Å². The van der Waals surface area contributed by atoms with E-state index in [2.05, 4.69) is 37.3 Å². The monoisotopic (exact) mass is 351 g/mol. The number of aryl methyl sites for hydroxylation is 1. The lowest BCUT2D eigenvalue weighted by molar-refractivity contribution is 0.627. The molecule has 6 heteroatoms. The molecule has 2 aromatic heterocycles. The summed E-state index contributed by atoms with van der Waals surface area (Å²) < 4.78 is 13.8. The molecule has 0 unspecified atom stereocenters. The molecule has 0 spiro atoms. The molecule has 0 fully saturated rings. The van der Waals surface area contributed by atoms with E-state index in [0.29, 0.717) is 10.3 Å². The van der Waals surface area contributed by atoms with E-state index < -0.39 is 0 Å². The van der Waals surface area contributed by atoms with E-state index in [4.69, 9.17) is 0 Å². The number of benzene rings is 1. The zero-order valence-electron chi connectivity index (χ0n) is 10.9. The Morgan fingerprint density at radius 3 is 2.75 bits per heavy atom. The topological polar surface area (TPSA) is 37.8 Å². The largest absolute Gasteiger partial charge is 0.372 e. The molecule has 2 heterocycles. The Balaban J connectivity index is 2.25. The van der Waals surface area contributed by atoms with Crippen LogP contribution in [-0.2, 0) is 0 Å². The fraction of sp³-hybridized carbons (Fsp3) is 0.143. The third-order valence-electron chi connectivity index (χ3n) is 2.92. The van der Waals surface area contributed by atoms with Crippen LogP contribution in [0.5, 0.6) is 0 Å². The van der Waals surface area contributed by atoms with Crippen molar-refractivity contribution in [1.29, 1.82) is 0 Å². The summed E-state index contributed by atoms with van der Waals surface area (Å²) in [7, 11) is 1.83. The molecule has 0 radical (unpaired) electrons. The van der Waals surface area contributed by atoms with E-state index in [1.807, 2.05) is 14.0 Å². The van der Waals surface area contributed by atoms with E-state index in [9.17, 15) is 4.39 Å². The Bertz CT molecular complexity index is 800. The van der Waals surface area contributed by atoms with Gasteiger partial charge in [-0.1, -0.05) is 0 Å². The summed E-state index contributed by atoms with van der Waals surface area (Å²) in [5, 5.41) is 4.10. The normalized spacial score (nSPS) is 11.0. The predicted octanol–water partition coefficient (Wildman–Crippen LogP) is 4.61. The smallest absolute Gasteiger partial charge is 0.164 e. The molecule has 0 aliphatic rings. The molecular weight excluding hydrogens is 341 g/mol. The summed E-state index contributed by atoms with van der Waals surface area (Å²) in [6.07, 6.45) is 0. The molecule has 0 aliphatic carbocycles. The van der Waals surface area contributed by atoms with Gasteiger partial charge in [0.15, 0.2) is 5.82 Å². The number of anilines is 1. The van der Waals surface area contributed by atoms with Crippen molar-refractivity contribution in [2.75, 3.05) is 12.4 Å². The van der Waals surface area contributed by atoms with Gasteiger partial charge in [-0.25, -0.2) is 14.4 Å². The standard InChI is InChI=1S/C14H11BrFN3S/c1-7-5-10-12(17-2)18-13(19-14(10)20-7)9-4-3-8(16)6-11(9)15/h3-6H,1-2H3,(H,17,18,19). The highest BCUT2D eigenvalue weighted by Gasteiger charge is 2.13. The first-order chi connectivity index (χ1) is 9.58. The van der Waals surface area contributed by atoms with Crippen LogP contribution in [0.15, 0.2) is 28.7 Å². The van der Waals surface area contributed by atoms with Gasteiger partial charge in [-0.3, -0.25) is 0 Å². The van der Waals surface area contributed by atoms with Gasteiger partial charge in [0.05, 0.1) is 5.39 Å². The Morgan fingerprint density at radius 2 is 2.05 bits per heavy atom. The summed E-state index contributed by atoms with van der Waals surface area (Å²) in [4.78, 5) is 11.2. The quantitative estimate of drug-likeness (QED) is 0.732. The minimum atomic E-state index is -0.289. The third-order valence-corrected chi connectivity index (χ3v) is 4.53. The van der Waals surface area contributed by atoms with Crippen molar-refractivity contribution in [3.05, 3.63) is 39.4 Å². The minimum Gasteiger partial charge on any atom is -0.372 e. The Hall–Kier alpha value is -1.53. The third kappa shape index (κ3) is 2.29. The SMILES string of the molecule is CNc1nc(-c2ccc(F)cc2Br)nc2sc(C)cc12. The van der Waals surface area contributed by atoms with Gasteiger partial charge < -0.3 is 5.32 Å².